The van der Waals surface area contributed by atoms with E-state index in [-0.39, 0.29) is 17.7 Å². The average Bonchev–Trinajstić information content (AvgIpc) is 3.50. The lowest BCUT2D eigenvalue weighted by molar-refractivity contribution is -0.963. The molecular formula is C30H35N4O2+. The van der Waals surface area contributed by atoms with Crippen LogP contribution in [0.1, 0.15) is 49.0 Å². The van der Waals surface area contributed by atoms with Crippen molar-refractivity contribution in [1.82, 2.24) is 15.7 Å². The Hall–Kier alpha value is -3.64. The molecule has 1 saturated heterocycles. The minimum atomic E-state index is -0.595. The van der Waals surface area contributed by atoms with E-state index in [0.717, 1.165) is 48.8 Å². The van der Waals surface area contributed by atoms with E-state index in [1.165, 1.54) is 10.9 Å². The van der Waals surface area contributed by atoms with Crippen LogP contribution in [-0.4, -0.2) is 40.5 Å². The molecule has 3 N–H and O–H groups in total. The Morgan fingerprint density at radius 1 is 0.944 bits per heavy atom. The van der Waals surface area contributed by atoms with E-state index in [1.807, 2.05) is 54.6 Å². The summed E-state index contributed by atoms with van der Waals surface area (Å²) in [7, 11) is 0. The number of quaternary nitrogens is 1. The molecule has 36 heavy (non-hydrogen) atoms. The predicted molar refractivity (Wildman–Crippen MR) is 144 cm³/mol. The molecule has 4 aromatic rings. The lowest BCUT2D eigenvalue weighted by Gasteiger charge is -2.35. The molecular weight excluding hydrogens is 448 g/mol. The molecule has 3 aromatic carbocycles. The van der Waals surface area contributed by atoms with Crippen molar-refractivity contribution in [2.75, 3.05) is 13.1 Å². The van der Waals surface area contributed by atoms with E-state index in [4.69, 9.17) is 0 Å². The highest BCUT2D eigenvalue weighted by atomic mass is 16.2. The second-order valence-electron chi connectivity index (χ2n) is 10.5. The summed E-state index contributed by atoms with van der Waals surface area (Å²) in [5.41, 5.74) is 6.24. The van der Waals surface area contributed by atoms with Gasteiger partial charge < -0.3 is 10.3 Å². The minimum absolute atomic E-state index is 0.111. The summed E-state index contributed by atoms with van der Waals surface area (Å²) < 4.78 is 0.515. The number of hydrogen-bond donors (Lipinski definition) is 3. The molecule has 2 amide bonds. The zero-order chi connectivity index (χ0) is 25.1. The van der Waals surface area contributed by atoms with Crippen LogP contribution in [0.15, 0.2) is 72.9 Å². The highest BCUT2D eigenvalue weighted by Gasteiger charge is 2.37. The quantitative estimate of drug-likeness (QED) is 0.297. The third kappa shape index (κ3) is 5.14. The van der Waals surface area contributed by atoms with E-state index in [1.54, 1.807) is 0 Å². The summed E-state index contributed by atoms with van der Waals surface area (Å²) in [5.74, 6) is -0.0657. The van der Waals surface area contributed by atoms with Crippen LogP contribution in [0.3, 0.4) is 0 Å². The van der Waals surface area contributed by atoms with Crippen LogP contribution < -0.4 is 10.7 Å². The fraction of sp³-hybridized carbons (Fsp3) is 0.333. The number of hydrogen-bond acceptors (Lipinski definition) is 2. The van der Waals surface area contributed by atoms with Gasteiger partial charge in [0.15, 0.2) is 0 Å². The molecule has 1 aliphatic rings. The maximum Gasteiger partial charge on any atom is 0.287 e. The van der Waals surface area contributed by atoms with Gasteiger partial charge in [0.2, 0.25) is 0 Å². The van der Waals surface area contributed by atoms with Crippen molar-refractivity contribution in [2.45, 2.75) is 45.7 Å². The normalized spacial score (nSPS) is 15.9. The SMILES string of the molecule is CC(C)C[C@H](NC(=O)c1ccc2ccccc2c1)C(=O)N[N+]1(Cc2c[nH]c3ccccc23)CCCC1. The molecule has 6 heteroatoms. The van der Waals surface area contributed by atoms with Crippen molar-refractivity contribution in [3.8, 4) is 0 Å². The summed E-state index contributed by atoms with van der Waals surface area (Å²) >= 11 is 0. The second kappa shape index (κ2) is 10.2. The number of likely N-dealkylation sites (tertiary alicyclic amines) is 1. The number of H-pyrrole nitrogens is 1. The summed E-state index contributed by atoms with van der Waals surface area (Å²) in [5, 5.41) is 6.33. The van der Waals surface area contributed by atoms with Crippen molar-refractivity contribution in [3.63, 3.8) is 0 Å². The van der Waals surface area contributed by atoms with Gasteiger partial charge in [0.1, 0.15) is 25.7 Å². The number of amides is 2. The number of aromatic amines is 1. The highest BCUT2D eigenvalue weighted by molar-refractivity contribution is 6.00. The molecule has 2 heterocycles. The van der Waals surface area contributed by atoms with Gasteiger partial charge in [0.25, 0.3) is 11.8 Å². The Morgan fingerprint density at radius 3 is 2.44 bits per heavy atom. The molecule has 5 rings (SSSR count). The van der Waals surface area contributed by atoms with Gasteiger partial charge in [0.05, 0.1) is 0 Å². The number of nitrogens with one attached hydrogen (secondary N) is 3. The molecule has 0 radical (unpaired) electrons. The van der Waals surface area contributed by atoms with Gasteiger partial charge in [0, 0.05) is 41.1 Å². The smallest absolute Gasteiger partial charge is 0.287 e. The number of rotatable bonds is 8. The first-order valence-electron chi connectivity index (χ1n) is 13.0. The molecule has 0 spiro atoms. The lowest BCUT2D eigenvalue weighted by atomic mass is 10.0. The Kier molecular flexibility index (Phi) is 6.79. The van der Waals surface area contributed by atoms with E-state index >= 15 is 0 Å². The number of carbonyl (C=O) groups is 2. The summed E-state index contributed by atoms with van der Waals surface area (Å²) in [4.78, 5) is 30.2. The molecule has 6 nitrogen and oxygen atoms in total. The standard InChI is InChI=1S/C30H34N4O2/c1-21(2)17-28(32-29(35)24-14-13-22-9-3-4-10-23(22)18-24)30(36)33-34(15-7-8-16-34)20-25-19-31-27-12-6-5-11-26(25)27/h3-6,9-14,18-19,21,28,31H,7-8,15-17,20H2,1-2H3,(H-,32,33,35,36)/p+1/t28-/m0/s1. The number of aromatic nitrogens is 1. The molecule has 1 aliphatic heterocycles. The van der Waals surface area contributed by atoms with Crippen molar-refractivity contribution in [1.29, 1.82) is 0 Å². The Balaban J connectivity index is 1.35. The molecule has 0 aliphatic carbocycles. The average molecular weight is 484 g/mol. The fourth-order valence-corrected chi connectivity index (χ4v) is 5.43. The Morgan fingerprint density at radius 2 is 1.67 bits per heavy atom. The Bertz CT molecular complexity index is 1380. The maximum atomic E-state index is 13.7. The van der Waals surface area contributed by atoms with Gasteiger partial charge in [-0.15, -0.1) is 0 Å². The fourth-order valence-electron chi connectivity index (χ4n) is 5.43. The first-order valence-corrected chi connectivity index (χ1v) is 13.0. The van der Waals surface area contributed by atoms with Gasteiger partial charge >= 0.3 is 0 Å². The highest BCUT2D eigenvalue weighted by Crippen LogP contribution is 2.26. The lowest BCUT2D eigenvalue weighted by Crippen LogP contribution is -2.62. The number of benzene rings is 3. The van der Waals surface area contributed by atoms with Gasteiger partial charge in [-0.25, -0.2) is 4.59 Å². The van der Waals surface area contributed by atoms with Crippen LogP contribution in [0, 0.1) is 5.92 Å². The van der Waals surface area contributed by atoms with Crippen molar-refractivity contribution < 1.29 is 14.2 Å². The Labute approximate surface area is 212 Å². The number of carbonyl (C=O) groups excluding carboxylic acids is 2. The van der Waals surface area contributed by atoms with Crippen molar-refractivity contribution >= 4 is 33.5 Å². The van der Waals surface area contributed by atoms with Gasteiger partial charge in [-0.2, -0.15) is 5.43 Å². The van der Waals surface area contributed by atoms with Crippen LogP contribution in [0.2, 0.25) is 0 Å². The zero-order valence-electron chi connectivity index (χ0n) is 21.1. The molecule has 1 aromatic heterocycles. The van der Waals surface area contributed by atoms with E-state index in [9.17, 15) is 9.59 Å². The second-order valence-corrected chi connectivity index (χ2v) is 10.5. The predicted octanol–water partition coefficient (Wildman–Crippen LogP) is 5.31. The van der Waals surface area contributed by atoms with Crippen LogP contribution in [0.25, 0.3) is 21.7 Å². The van der Waals surface area contributed by atoms with E-state index in [2.05, 4.69) is 47.9 Å². The number of nitrogens with zero attached hydrogens (tertiary/aromatic N) is 1. The third-order valence-electron chi connectivity index (χ3n) is 7.26. The van der Waals surface area contributed by atoms with E-state index in [0.29, 0.717) is 16.6 Å². The monoisotopic (exact) mass is 483 g/mol. The first kappa shape index (κ1) is 24.1. The summed E-state index contributed by atoms with van der Waals surface area (Å²) in [6.45, 7) is 6.66. The van der Waals surface area contributed by atoms with Gasteiger partial charge in [-0.05, 0) is 41.3 Å². The molecule has 1 atom stereocenters. The topological polar surface area (TPSA) is 74.0 Å². The molecule has 0 bridgehead atoms. The van der Waals surface area contributed by atoms with Crippen molar-refractivity contribution in [2.24, 2.45) is 5.92 Å². The third-order valence-corrected chi connectivity index (χ3v) is 7.26. The molecule has 186 valence electrons. The maximum absolute atomic E-state index is 13.7. The number of fused-ring (bicyclic) bond motifs is 2. The first-order chi connectivity index (χ1) is 17.4. The molecule has 1 fully saturated rings. The largest absolute Gasteiger partial charge is 0.361 e. The minimum Gasteiger partial charge on any atom is -0.361 e. The van der Waals surface area contributed by atoms with Gasteiger partial charge in [-0.1, -0.05) is 62.4 Å². The van der Waals surface area contributed by atoms with Crippen molar-refractivity contribution in [3.05, 3.63) is 84.1 Å². The van der Waals surface area contributed by atoms with Crippen LogP contribution in [0.5, 0.6) is 0 Å². The zero-order valence-corrected chi connectivity index (χ0v) is 21.1. The van der Waals surface area contributed by atoms with Crippen LogP contribution >= 0.6 is 0 Å². The van der Waals surface area contributed by atoms with Crippen LogP contribution in [0.4, 0.5) is 0 Å². The molecule has 0 saturated carbocycles. The summed E-state index contributed by atoms with van der Waals surface area (Å²) in [6, 6.07) is 21.3. The number of para-hydroxylation sites is 1. The summed E-state index contributed by atoms with van der Waals surface area (Å²) in [6.07, 6.45) is 4.78. The van der Waals surface area contributed by atoms with E-state index < -0.39 is 6.04 Å². The van der Waals surface area contributed by atoms with Gasteiger partial charge in [-0.3, -0.25) is 9.59 Å². The van der Waals surface area contributed by atoms with Crippen LogP contribution in [-0.2, 0) is 11.3 Å². The molecule has 0 unspecified atom stereocenters.